The van der Waals surface area contributed by atoms with Crippen LogP contribution in [0.15, 0.2) is 111 Å². The first kappa shape index (κ1) is 22.3. The van der Waals surface area contributed by atoms with Crippen molar-refractivity contribution >= 4 is 39.6 Å². The maximum Gasteiger partial charge on any atom is 0.265 e. The Hall–Kier alpha value is -5.92. The van der Waals surface area contributed by atoms with Crippen molar-refractivity contribution in [3.8, 4) is 29.5 Å². The van der Waals surface area contributed by atoms with Crippen molar-refractivity contribution in [1.82, 2.24) is 9.55 Å². The summed E-state index contributed by atoms with van der Waals surface area (Å²) < 4.78 is 14.0. The molecule has 0 saturated heterocycles. The molecule has 0 atom stereocenters. The lowest BCUT2D eigenvalue weighted by molar-refractivity contribution is 0.104. The van der Waals surface area contributed by atoms with Crippen LogP contribution in [-0.4, -0.2) is 15.3 Å². The van der Waals surface area contributed by atoms with Crippen LogP contribution in [0.3, 0.4) is 0 Å². The molecule has 1 aliphatic carbocycles. The van der Waals surface area contributed by atoms with E-state index >= 15 is 0 Å². The second kappa shape index (κ2) is 8.58. The predicted octanol–water partition coefficient (Wildman–Crippen LogP) is 7.11. The zero-order valence-corrected chi connectivity index (χ0v) is 20.3. The zero-order chi connectivity index (χ0) is 26.5. The molecule has 7 rings (SSSR count). The molecule has 0 fully saturated rings. The van der Waals surface area contributed by atoms with Crippen molar-refractivity contribution in [1.29, 1.82) is 10.5 Å². The van der Waals surface area contributed by atoms with Gasteiger partial charge in [0.2, 0.25) is 0 Å². The Labute approximate surface area is 221 Å². The molecule has 0 saturated carbocycles. The quantitative estimate of drug-likeness (QED) is 0.188. The third-order valence-corrected chi connectivity index (χ3v) is 6.75. The summed E-state index contributed by atoms with van der Waals surface area (Å²) in [4.78, 5) is 18.3. The molecule has 0 unspecified atom stereocenters. The zero-order valence-electron chi connectivity index (χ0n) is 20.3. The lowest BCUT2D eigenvalue weighted by atomic mass is 9.99. The molecule has 3 heterocycles. The van der Waals surface area contributed by atoms with E-state index in [1.165, 1.54) is 0 Å². The summed E-state index contributed by atoms with van der Waals surface area (Å²) in [6.45, 7) is 0. The largest absolute Gasteiger partial charge is 0.451 e. The van der Waals surface area contributed by atoms with Crippen molar-refractivity contribution in [3.63, 3.8) is 0 Å². The van der Waals surface area contributed by atoms with Gasteiger partial charge in [0.05, 0.1) is 5.69 Å². The van der Waals surface area contributed by atoms with E-state index in [0.717, 1.165) is 16.7 Å². The highest BCUT2D eigenvalue weighted by molar-refractivity contribution is 6.29. The van der Waals surface area contributed by atoms with Crippen LogP contribution >= 0.6 is 0 Å². The highest BCUT2D eigenvalue weighted by atomic mass is 16.4. The second-order valence-corrected chi connectivity index (χ2v) is 9.00. The maximum atomic E-state index is 13.5. The van der Waals surface area contributed by atoms with Crippen LogP contribution in [0.5, 0.6) is 0 Å². The van der Waals surface area contributed by atoms with Crippen LogP contribution in [0, 0.1) is 22.7 Å². The van der Waals surface area contributed by atoms with E-state index < -0.39 is 0 Å². The summed E-state index contributed by atoms with van der Waals surface area (Å²) in [6, 6.07) is 31.8. The van der Waals surface area contributed by atoms with Gasteiger partial charge in [0, 0.05) is 33.8 Å². The highest BCUT2D eigenvalue weighted by Gasteiger charge is 2.33. The number of nitriles is 2. The number of furan rings is 1. The first-order valence-electron chi connectivity index (χ1n) is 12.1. The number of carbonyl (C=O) groups is 1. The van der Waals surface area contributed by atoms with Gasteiger partial charge in [-0.1, -0.05) is 60.7 Å². The van der Waals surface area contributed by atoms with Crippen LogP contribution in [0.2, 0.25) is 0 Å². The number of aromatic nitrogens is 2. The van der Waals surface area contributed by atoms with Gasteiger partial charge in [-0.25, -0.2) is 0 Å². The Morgan fingerprint density at radius 2 is 1.54 bits per heavy atom. The molecule has 7 heteroatoms. The van der Waals surface area contributed by atoms with Crippen LogP contribution in [0.25, 0.3) is 51.2 Å². The van der Waals surface area contributed by atoms with Crippen molar-refractivity contribution in [2.45, 2.75) is 0 Å². The minimum absolute atomic E-state index is 0.119. The third kappa shape index (κ3) is 3.42. The fraction of sp³-hybridized carbons (Fsp3) is 0. The smallest absolute Gasteiger partial charge is 0.265 e. The molecular weight excluding hydrogens is 488 g/mol. The average molecular weight is 505 g/mol. The summed E-state index contributed by atoms with van der Waals surface area (Å²) in [7, 11) is 0. The predicted molar refractivity (Wildman–Crippen MR) is 145 cm³/mol. The topological polar surface area (TPSA) is 109 Å². The van der Waals surface area contributed by atoms with Crippen LogP contribution in [-0.2, 0) is 0 Å². The molecule has 3 aromatic heterocycles. The molecule has 0 N–H and O–H groups in total. The normalized spacial score (nSPS) is 13.6. The van der Waals surface area contributed by atoms with Gasteiger partial charge in [0.15, 0.2) is 22.8 Å². The lowest BCUT2D eigenvalue weighted by Gasteiger charge is -2.08. The van der Waals surface area contributed by atoms with Gasteiger partial charge in [-0.3, -0.25) is 9.36 Å². The summed E-state index contributed by atoms with van der Waals surface area (Å²) in [6.07, 6.45) is 1.69. The van der Waals surface area contributed by atoms with Gasteiger partial charge in [0.25, 0.3) is 5.89 Å². The SMILES string of the molecule is N#CC(C#N)=C1/C(=C/c2cc3oc(-c4cc5ccccc5o4)nc3n2-c2ccccc2)C(=O)c2ccccc21. The average Bonchev–Trinajstić information content (AvgIpc) is 3.72. The van der Waals surface area contributed by atoms with E-state index in [4.69, 9.17) is 13.8 Å². The standard InChI is InChI=1S/C32H16N4O3/c33-17-20(18-34)29-23-11-5-6-12-24(23)30(37)25(29)15-22-16-27-31(36(22)21-9-2-1-3-10-21)35-32(39-27)28-14-19-8-4-7-13-26(19)38-28/h1-16H/b25-15-. The van der Waals surface area contributed by atoms with Gasteiger partial charge >= 0.3 is 0 Å². The van der Waals surface area contributed by atoms with Gasteiger partial charge in [-0.05, 0) is 35.9 Å². The molecule has 7 nitrogen and oxygen atoms in total. The van der Waals surface area contributed by atoms with Crippen LogP contribution in [0.4, 0.5) is 0 Å². The summed E-state index contributed by atoms with van der Waals surface area (Å²) >= 11 is 0. The molecule has 6 aromatic rings. The Morgan fingerprint density at radius 1 is 0.821 bits per heavy atom. The summed E-state index contributed by atoms with van der Waals surface area (Å²) in [5.74, 6) is 0.587. The molecule has 0 bridgehead atoms. The molecule has 3 aromatic carbocycles. The Balaban J connectivity index is 1.45. The van der Waals surface area contributed by atoms with Crippen molar-refractivity contribution in [2.75, 3.05) is 0 Å². The number of para-hydroxylation sites is 2. The van der Waals surface area contributed by atoms with E-state index in [9.17, 15) is 15.3 Å². The molecule has 0 aliphatic heterocycles. The summed E-state index contributed by atoms with van der Waals surface area (Å²) in [5, 5.41) is 20.3. The number of nitrogens with zero attached hydrogens (tertiary/aromatic N) is 4. The van der Waals surface area contributed by atoms with Gasteiger partial charge in [-0.15, -0.1) is 0 Å². The van der Waals surface area contributed by atoms with E-state index in [1.807, 2.05) is 77.4 Å². The second-order valence-electron chi connectivity index (χ2n) is 9.00. The number of hydrogen-bond donors (Lipinski definition) is 0. The van der Waals surface area contributed by atoms with Gasteiger partial charge in [0.1, 0.15) is 23.3 Å². The molecule has 39 heavy (non-hydrogen) atoms. The fourth-order valence-corrected chi connectivity index (χ4v) is 5.04. The molecule has 0 radical (unpaired) electrons. The minimum atomic E-state index is -0.253. The van der Waals surface area contributed by atoms with Gasteiger partial charge < -0.3 is 8.83 Å². The highest BCUT2D eigenvalue weighted by Crippen LogP contribution is 2.41. The molecule has 182 valence electrons. The first-order chi connectivity index (χ1) is 19.2. The number of ketones is 1. The molecular formula is C32H16N4O3. The number of hydrogen-bond acceptors (Lipinski definition) is 6. The number of oxazole rings is 1. The number of carbonyl (C=O) groups excluding carboxylic acids is 1. The fourth-order valence-electron chi connectivity index (χ4n) is 5.04. The van der Waals surface area contributed by atoms with E-state index in [2.05, 4.69) is 0 Å². The first-order valence-corrected chi connectivity index (χ1v) is 12.1. The monoisotopic (exact) mass is 504 g/mol. The number of allylic oxidation sites excluding steroid dienone is 3. The van der Waals surface area contributed by atoms with Crippen molar-refractivity contribution in [3.05, 3.63) is 119 Å². The number of fused-ring (bicyclic) bond motifs is 3. The van der Waals surface area contributed by atoms with E-state index in [0.29, 0.717) is 45.3 Å². The Morgan fingerprint density at radius 3 is 2.31 bits per heavy atom. The number of benzene rings is 3. The van der Waals surface area contributed by atoms with Gasteiger partial charge in [-0.2, -0.15) is 15.5 Å². The van der Waals surface area contributed by atoms with Crippen LogP contribution in [0.1, 0.15) is 21.6 Å². The molecule has 0 amide bonds. The number of Topliss-reactive ketones (excluding diaryl/α,β-unsaturated/α-hetero) is 1. The molecule has 1 aliphatic rings. The van der Waals surface area contributed by atoms with E-state index in [1.54, 1.807) is 36.4 Å². The van der Waals surface area contributed by atoms with E-state index in [-0.39, 0.29) is 16.9 Å². The lowest BCUT2D eigenvalue weighted by Crippen LogP contribution is -2.00. The van der Waals surface area contributed by atoms with Crippen LogP contribution < -0.4 is 0 Å². The maximum absolute atomic E-state index is 13.5. The van der Waals surface area contributed by atoms with Crippen molar-refractivity contribution < 1.29 is 13.6 Å². The minimum Gasteiger partial charge on any atom is -0.451 e. The summed E-state index contributed by atoms with van der Waals surface area (Å²) in [5.41, 5.74) is 4.68. The third-order valence-electron chi connectivity index (χ3n) is 6.75. The Kier molecular flexibility index (Phi) is 4.91. The Bertz CT molecular complexity index is 2060. The molecule has 0 spiro atoms. The number of rotatable bonds is 3. The van der Waals surface area contributed by atoms with Crippen molar-refractivity contribution in [2.24, 2.45) is 0 Å².